The maximum Gasteiger partial charge on any atom is 0.270 e. The number of aryl methyl sites for hydroxylation is 1. The second-order valence-corrected chi connectivity index (χ2v) is 9.08. The van der Waals surface area contributed by atoms with E-state index in [1.165, 1.54) is 18.4 Å². The Labute approximate surface area is 209 Å². The minimum Gasteiger partial charge on any atom is -0.344 e. The number of carbonyl (C=O) groups is 1. The molecule has 4 rings (SSSR count). The summed E-state index contributed by atoms with van der Waals surface area (Å²) in [7, 11) is 1.93. The summed E-state index contributed by atoms with van der Waals surface area (Å²) >= 11 is 0. The van der Waals surface area contributed by atoms with Gasteiger partial charge in [0, 0.05) is 18.2 Å². The summed E-state index contributed by atoms with van der Waals surface area (Å²) in [4.78, 5) is 18.8. The van der Waals surface area contributed by atoms with E-state index in [1.807, 2.05) is 60.1 Å². The molecule has 1 unspecified atom stereocenters. The lowest BCUT2D eigenvalue weighted by atomic mass is 10.0. The lowest BCUT2D eigenvalue weighted by molar-refractivity contribution is 0.0927. The van der Waals surface area contributed by atoms with Crippen LogP contribution in [0.2, 0.25) is 0 Å². The molecular weight excluding hydrogens is 430 g/mol. The van der Waals surface area contributed by atoms with Gasteiger partial charge in [-0.15, -0.1) is 0 Å². The third kappa shape index (κ3) is 5.71. The summed E-state index contributed by atoms with van der Waals surface area (Å²) in [5.74, 6) is 0.683. The maximum absolute atomic E-state index is 13.8. The number of aromatic nitrogens is 2. The number of nitrogens with zero attached hydrogens (tertiary/aromatic N) is 2. The summed E-state index contributed by atoms with van der Waals surface area (Å²) in [5.41, 5.74) is 5.68. The second-order valence-electron chi connectivity index (χ2n) is 9.08. The molecule has 3 aromatic carbocycles. The molecule has 0 aliphatic rings. The number of amides is 1. The van der Waals surface area contributed by atoms with Crippen LogP contribution in [0.3, 0.4) is 0 Å². The Morgan fingerprint density at radius 1 is 0.857 bits per heavy atom. The van der Waals surface area contributed by atoms with Crippen LogP contribution in [0.5, 0.6) is 0 Å². The van der Waals surface area contributed by atoms with Crippen LogP contribution in [0.15, 0.2) is 84.9 Å². The molecule has 1 heterocycles. The van der Waals surface area contributed by atoms with Gasteiger partial charge >= 0.3 is 0 Å². The Morgan fingerprint density at radius 3 is 2.14 bits per heavy atom. The minimum atomic E-state index is -0.102. The normalized spacial score (nSPS) is 11.9. The van der Waals surface area contributed by atoms with E-state index < -0.39 is 0 Å². The molecule has 1 aromatic heterocycles. The number of nitrogens with one attached hydrogen (secondary N) is 1. The summed E-state index contributed by atoms with van der Waals surface area (Å²) in [6.07, 6.45) is 5.27. The van der Waals surface area contributed by atoms with E-state index in [4.69, 9.17) is 4.98 Å². The lowest BCUT2D eigenvalue weighted by Crippen LogP contribution is -2.30. The monoisotopic (exact) mass is 465 g/mol. The first-order valence-electron chi connectivity index (χ1n) is 12.7. The quantitative estimate of drug-likeness (QED) is 0.266. The molecule has 0 spiro atoms. The van der Waals surface area contributed by atoms with Crippen molar-refractivity contribution in [3.63, 3.8) is 0 Å². The van der Waals surface area contributed by atoms with Crippen molar-refractivity contribution in [2.45, 2.75) is 52.0 Å². The van der Waals surface area contributed by atoms with E-state index in [0.717, 1.165) is 41.8 Å². The molecule has 0 bridgehead atoms. The van der Waals surface area contributed by atoms with Crippen molar-refractivity contribution in [3.8, 4) is 22.6 Å². The molecule has 4 nitrogen and oxygen atoms in total. The summed E-state index contributed by atoms with van der Waals surface area (Å²) in [6, 6.07) is 28.7. The average Bonchev–Trinajstić information content (AvgIpc) is 3.25. The van der Waals surface area contributed by atoms with Gasteiger partial charge in [-0.3, -0.25) is 4.79 Å². The number of hydrogen-bond donors (Lipinski definition) is 1. The van der Waals surface area contributed by atoms with Crippen molar-refractivity contribution in [2.24, 2.45) is 7.05 Å². The number of benzene rings is 3. The van der Waals surface area contributed by atoms with Gasteiger partial charge < -0.3 is 9.88 Å². The van der Waals surface area contributed by atoms with Gasteiger partial charge in [0.15, 0.2) is 0 Å². The molecule has 35 heavy (non-hydrogen) atoms. The highest BCUT2D eigenvalue weighted by Gasteiger charge is 2.25. The van der Waals surface area contributed by atoms with Gasteiger partial charge in [-0.2, -0.15) is 0 Å². The van der Waals surface area contributed by atoms with Crippen LogP contribution in [-0.4, -0.2) is 15.5 Å². The van der Waals surface area contributed by atoms with Gasteiger partial charge in [-0.05, 0) is 30.4 Å². The van der Waals surface area contributed by atoms with Crippen LogP contribution < -0.4 is 5.32 Å². The number of hydrogen-bond acceptors (Lipinski definition) is 2. The molecule has 0 saturated carbocycles. The highest BCUT2D eigenvalue weighted by molar-refractivity contribution is 5.99. The molecule has 0 saturated heterocycles. The first kappa shape index (κ1) is 24.5. The zero-order valence-corrected chi connectivity index (χ0v) is 21.0. The molecule has 1 amide bonds. The van der Waals surface area contributed by atoms with Crippen molar-refractivity contribution in [2.75, 3.05) is 0 Å². The Kier molecular flexibility index (Phi) is 8.15. The highest BCUT2D eigenvalue weighted by Crippen LogP contribution is 2.30. The number of carbonyl (C=O) groups excluding carboxylic acids is 1. The smallest absolute Gasteiger partial charge is 0.270 e. The Hall–Kier alpha value is -3.66. The summed E-state index contributed by atoms with van der Waals surface area (Å²) < 4.78 is 1.93. The molecule has 0 aliphatic carbocycles. The first-order chi connectivity index (χ1) is 17.1. The lowest BCUT2D eigenvalue weighted by Gasteiger charge is -2.19. The third-order valence-electron chi connectivity index (χ3n) is 6.47. The Bertz CT molecular complexity index is 1230. The van der Waals surface area contributed by atoms with Gasteiger partial charge in [0.2, 0.25) is 0 Å². The van der Waals surface area contributed by atoms with Crippen molar-refractivity contribution < 1.29 is 4.79 Å². The van der Waals surface area contributed by atoms with Crippen molar-refractivity contribution in [1.82, 2.24) is 14.9 Å². The van der Waals surface area contributed by atoms with Crippen molar-refractivity contribution in [3.05, 3.63) is 102 Å². The molecule has 4 aromatic rings. The number of unbranched alkanes of at least 4 members (excludes halogenated alkanes) is 1. The Balaban J connectivity index is 1.74. The summed E-state index contributed by atoms with van der Waals surface area (Å²) in [5, 5.41) is 3.31. The second kappa shape index (κ2) is 11.7. The van der Waals surface area contributed by atoms with Crippen molar-refractivity contribution >= 4 is 5.91 Å². The minimum absolute atomic E-state index is 0.0481. The molecule has 180 valence electrons. The fourth-order valence-corrected chi connectivity index (χ4v) is 4.54. The predicted molar refractivity (Wildman–Crippen MR) is 144 cm³/mol. The third-order valence-corrected chi connectivity index (χ3v) is 6.47. The van der Waals surface area contributed by atoms with E-state index >= 15 is 0 Å². The van der Waals surface area contributed by atoms with Gasteiger partial charge in [-0.25, -0.2) is 4.98 Å². The number of rotatable bonds is 10. The molecule has 4 heteroatoms. The molecule has 1 N–H and O–H groups in total. The predicted octanol–water partition coefficient (Wildman–Crippen LogP) is 7.37. The first-order valence-corrected chi connectivity index (χ1v) is 12.7. The molecule has 0 fully saturated rings. The fraction of sp³-hybridized carbons (Fsp3) is 0.290. The van der Waals surface area contributed by atoms with Crippen LogP contribution in [0.25, 0.3) is 22.6 Å². The van der Waals surface area contributed by atoms with E-state index in [1.54, 1.807) is 0 Å². The van der Waals surface area contributed by atoms with Gasteiger partial charge in [0.05, 0.1) is 6.04 Å². The maximum atomic E-state index is 13.8. The van der Waals surface area contributed by atoms with Gasteiger partial charge in [0.1, 0.15) is 17.2 Å². The van der Waals surface area contributed by atoms with Crippen LogP contribution >= 0.6 is 0 Å². The average molecular weight is 466 g/mol. The SMILES string of the molecule is CCCCc1ccc(-c2nc(-c3ccccc3)n(C)c2C(=O)NC(CCC)c2ccccc2)cc1. The van der Waals surface area contributed by atoms with E-state index in [-0.39, 0.29) is 11.9 Å². The van der Waals surface area contributed by atoms with Crippen LogP contribution in [0, 0.1) is 0 Å². The van der Waals surface area contributed by atoms with Gasteiger partial charge in [0.25, 0.3) is 5.91 Å². The highest BCUT2D eigenvalue weighted by atomic mass is 16.2. The molecule has 0 aliphatic heterocycles. The largest absolute Gasteiger partial charge is 0.344 e. The van der Waals surface area contributed by atoms with Gasteiger partial charge in [-0.1, -0.05) is 112 Å². The van der Waals surface area contributed by atoms with E-state index in [9.17, 15) is 4.79 Å². The molecule has 1 atom stereocenters. The van der Waals surface area contributed by atoms with E-state index in [2.05, 4.69) is 55.6 Å². The van der Waals surface area contributed by atoms with Crippen molar-refractivity contribution in [1.29, 1.82) is 0 Å². The zero-order chi connectivity index (χ0) is 24.6. The fourth-order valence-electron chi connectivity index (χ4n) is 4.54. The molecular formula is C31H35N3O. The Morgan fingerprint density at radius 2 is 1.51 bits per heavy atom. The standard InChI is InChI=1S/C31H35N3O/c1-4-6-14-23-19-21-25(22-20-23)28-29(34(3)30(33-28)26-17-11-8-12-18-26)31(35)32-27(13-5-2)24-15-9-7-10-16-24/h7-12,15-22,27H,4-6,13-14H2,1-3H3,(H,32,35). The topological polar surface area (TPSA) is 46.9 Å². The zero-order valence-electron chi connectivity index (χ0n) is 21.0. The number of imidazole rings is 1. The van der Waals surface area contributed by atoms with Crippen LogP contribution in [0.1, 0.15) is 67.2 Å². The summed E-state index contributed by atoms with van der Waals surface area (Å²) in [6.45, 7) is 4.35. The molecule has 0 radical (unpaired) electrons. The van der Waals surface area contributed by atoms with E-state index in [0.29, 0.717) is 11.4 Å². The van der Waals surface area contributed by atoms with Crippen LogP contribution in [-0.2, 0) is 13.5 Å². The van der Waals surface area contributed by atoms with Crippen LogP contribution in [0.4, 0.5) is 0 Å².